The summed E-state index contributed by atoms with van der Waals surface area (Å²) in [6.07, 6.45) is 0.139. The Balaban J connectivity index is 1.57. The lowest BCUT2D eigenvalue weighted by atomic mass is 10.1. The summed E-state index contributed by atoms with van der Waals surface area (Å²) in [4.78, 5) is 28.7. The number of aromatic nitrogens is 1. The van der Waals surface area contributed by atoms with Gasteiger partial charge in [-0.2, -0.15) is 5.10 Å². The first-order valence-corrected chi connectivity index (χ1v) is 8.41. The van der Waals surface area contributed by atoms with Crippen molar-refractivity contribution < 1.29 is 14.0 Å². The number of hydrazone groups is 1. The van der Waals surface area contributed by atoms with Gasteiger partial charge in [0.2, 0.25) is 5.91 Å². The van der Waals surface area contributed by atoms with E-state index in [4.69, 9.17) is 10.2 Å². The Morgan fingerprint density at radius 3 is 2.74 bits per heavy atom. The predicted molar refractivity (Wildman–Crippen MR) is 101 cm³/mol. The van der Waals surface area contributed by atoms with Gasteiger partial charge in [-0.15, -0.1) is 0 Å². The minimum absolute atomic E-state index is 0.139. The molecule has 0 fully saturated rings. The van der Waals surface area contributed by atoms with Crippen LogP contribution in [0.15, 0.2) is 58.0 Å². The number of oxazole rings is 1. The molecule has 4 rings (SSSR count). The number of amides is 2. The van der Waals surface area contributed by atoms with Gasteiger partial charge in [0.05, 0.1) is 5.69 Å². The highest BCUT2D eigenvalue weighted by atomic mass is 16.3. The minimum atomic E-state index is -0.701. The smallest absolute Gasteiger partial charge is 0.271 e. The van der Waals surface area contributed by atoms with E-state index >= 15 is 0 Å². The van der Waals surface area contributed by atoms with Crippen LogP contribution in [-0.2, 0) is 9.59 Å². The van der Waals surface area contributed by atoms with Crippen LogP contribution in [0.2, 0.25) is 0 Å². The van der Waals surface area contributed by atoms with Gasteiger partial charge in [0.25, 0.3) is 5.91 Å². The summed E-state index contributed by atoms with van der Waals surface area (Å²) in [6, 6.07) is 13.6. The zero-order valence-electron chi connectivity index (χ0n) is 14.5. The van der Waals surface area contributed by atoms with Crippen LogP contribution in [0.1, 0.15) is 12.3 Å². The van der Waals surface area contributed by atoms with Gasteiger partial charge in [0, 0.05) is 25.1 Å². The second kappa shape index (κ2) is 6.56. The van der Waals surface area contributed by atoms with Crippen molar-refractivity contribution in [2.75, 3.05) is 10.3 Å². The van der Waals surface area contributed by atoms with E-state index in [1.54, 1.807) is 37.3 Å². The lowest BCUT2D eigenvalue weighted by molar-refractivity contribution is -0.119. The first-order chi connectivity index (χ1) is 13.0. The molecular formula is C19H17N5O3. The van der Waals surface area contributed by atoms with E-state index in [0.29, 0.717) is 28.4 Å². The summed E-state index contributed by atoms with van der Waals surface area (Å²) >= 11 is 0. The fourth-order valence-electron chi connectivity index (χ4n) is 3.01. The maximum atomic E-state index is 12.6. The summed E-state index contributed by atoms with van der Waals surface area (Å²) in [5.41, 5.74) is 8.28. The topological polar surface area (TPSA) is 114 Å². The van der Waals surface area contributed by atoms with Gasteiger partial charge in [-0.05, 0) is 24.3 Å². The SMILES string of the molecule is Cc1nc2ccc(NC(=O)C3=NN(c4ccccc4)C(C(N)=O)C3)cc2o1. The number of rotatable bonds is 4. The maximum Gasteiger partial charge on any atom is 0.271 e. The predicted octanol–water partition coefficient (Wildman–Crippen LogP) is 2.19. The molecule has 1 aliphatic rings. The molecule has 3 N–H and O–H groups in total. The normalized spacial score (nSPS) is 16.4. The largest absolute Gasteiger partial charge is 0.441 e. The molecule has 1 aliphatic heterocycles. The minimum Gasteiger partial charge on any atom is -0.441 e. The fourth-order valence-corrected chi connectivity index (χ4v) is 3.01. The molecular weight excluding hydrogens is 346 g/mol. The number of nitrogens with two attached hydrogens (primary N) is 1. The Morgan fingerprint density at radius 1 is 1.22 bits per heavy atom. The number of para-hydroxylation sites is 1. The number of aryl methyl sites for hydroxylation is 1. The zero-order valence-corrected chi connectivity index (χ0v) is 14.5. The van der Waals surface area contributed by atoms with Crippen molar-refractivity contribution in [2.24, 2.45) is 10.8 Å². The number of hydrogen-bond donors (Lipinski definition) is 2. The van der Waals surface area contributed by atoms with Crippen molar-refractivity contribution in [1.29, 1.82) is 0 Å². The Hall–Kier alpha value is -3.68. The molecule has 2 aromatic carbocycles. The molecule has 0 bridgehead atoms. The molecule has 1 atom stereocenters. The number of benzene rings is 2. The molecule has 3 aromatic rings. The maximum absolute atomic E-state index is 12.6. The summed E-state index contributed by atoms with van der Waals surface area (Å²) in [5.74, 6) is -0.379. The molecule has 8 heteroatoms. The number of nitrogens with zero attached hydrogens (tertiary/aromatic N) is 3. The van der Waals surface area contributed by atoms with Crippen LogP contribution in [0.3, 0.4) is 0 Å². The standard InChI is InChI=1S/C19H17N5O3/c1-11-21-14-8-7-12(9-17(14)27-11)22-19(26)15-10-16(18(20)25)24(23-15)13-5-3-2-4-6-13/h2-9,16H,10H2,1H3,(H2,20,25)(H,22,26). The molecule has 2 heterocycles. The third kappa shape index (κ3) is 3.24. The fraction of sp³-hybridized carbons (Fsp3) is 0.158. The first kappa shape index (κ1) is 16.8. The van der Waals surface area contributed by atoms with Gasteiger partial charge in [-0.25, -0.2) is 4.98 Å². The third-order valence-electron chi connectivity index (χ3n) is 4.27. The number of fused-ring (bicyclic) bond motifs is 1. The number of nitrogens with one attached hydrogen (secondary N) is 1. The second-order valence-corrected chi connectivity index (χ2v) is 6.22. The van der Waals surface area contributed by atoms with Gasteiger partial charge in [-0.3, -0.25) is 14.6 Å². The quantitative estimate of drug-likeness (QED) is 0.737. The van der Waals surface area contributed by atoms with Crippen LogP contribution in [0, 0.1) is 6.92 Å². The highest BCUT2D eigenvalue weighted by molar-refractivity contribution is 6.44. The molecule has 0 aliphatic carbocycles. The number of hydrogen-bond acceptors (Lipinski definition) is 6. The van der Waals surface area contributed by atoms with Gasteiger partial charge in [-0.1, -0.05) is 18.2 Å². The Morgan fingerprint density at radius 2 is 2.00 bits per heavy atom. The molecule has 1 aromatic heterocycles. The van der Waals surface area contributed by atoms with E-state index in [9.17, 15) is 9.59 Å². The van der Waals surface area contributed by atoms with Crippen LogP contribution in [0.4, 0.5) is 11.4 Å². The summed E-state index contributed by atoms with van der Waals surface area (Å²) in [5, 5.41) is 8.59. The van der Waals surface area contributed by atoms with E-state index in [1.807, 2.05) is 18.2 Å². The number of anilines is 2. The van der Waals surface area contributed by atoms with Crippen LogP contribution in [0.25, 0.3) is 11.1 Å². The van der Waals surface area contributed by atoms with Crippen molar-refractivity contribution in [2.45, 2.75) is 19.4 Å². The van der Waals surface area contributed by atoms with Crippen molar-refractivity contribution in [3.8, 4) is 0 Å². The van der Waals surface area contributed by atoms with Gasteiger partial charge < -0.3 is 15.5 Å². The molecule has 0 saturated carbocycles. The van der Waals surface area contributed by atoms with E-state index in [-0.39, 0.29) is 12.1 Å². The van der Waals surface area contributed by atoms with Crippen molar-refractivity contribution in [1.82, 2.24) is 4.98 Å². The lowest BCUT2D eigenvalue weighted by Crippen LogP contribution is -2.39. The molecule has 27 heavy (non-hydrogen) atoms. The van der Waals surface area contributed by atoms with Gasteiger partial charge in [0.15, 0.2) is 11.5 Å². The van der Waals surface area contributed by atoms with Crippen LogP contribution < -0.4 is 16.1 Å². The number of carbonyl (C=O) groups excluding carboxylic acids is 2. The molecule has 0 saturated heterocycles. The monoisotopic (exact) mass is 363 g/mol. The van der Waals surface area contributed by atoms with E-state index in [1.165, 1.54) is 5.01 Å². The highest BCUT2D eigenvalue weighted by Gasteiger charge is 2.34. The summed E-state index contributed by atoms with van der Waals surface area (Å²) in [6.45, 7) is 1.76. The molecule has 136 valence electrons. The van der Waals surface area contributed by atoms with Crippen molar-refractivity contribution in [3.63, 3.8) is 0 Å². The van der Waals surface area contributed by atoms with Crippen molar-refractivity contribution >= 4 is 40.0 Å². The van der Waals surface area contributed by atoms with Crippen LogP contribution in [0.5, 0.6) is 0 Å². The second-order valence-electron chi connectivity index (χ2n) is 6.22. The van der Waals surface area contributed by atoms with Crippen molar-refractivity contribution in [3.05, 3.63) is 54.4 Å². The van der Waals surface area contributed by atoms with E-state index in [2.05, 4.69) is 15.4 Å². The Bertz CT molecular complexity index is 1060. The van der Waals surface area contributed by atoms with Crippen LogP contribution in [-0.4, -0.2) is 28.6 Å². The average Bonchev–Trinajstić information content (AvgIpc) is 3.25. The van der Waals surface area contributed by atoms with E-state index < -0.39 is 17.9 Å². The Labute approximate surface area is 154 Å². The van der Waals surface area contributed by atoms with Gasteiger partial charge in [0.1, 0.15) is 17.3 Å². The van der Waals surface area contributed by atoms with E-state index in [0.717, 1.165) is 0 Å². The molecule has 0 radical (unpaired) electrons. The summed E-state index contributed by atoms with van der Waals surface area (Å²) in [7, 11) is 0. The number of carbonyl (C=O) groups is 2. The third-order valence-corrected chi connectivity index (χ3v) is 4.27. The van der Waals surface area contributed by atoms with Crippen LogP contribution >= 0.6 is 0 Å². The summed E-state index contributed by atoms with van der Waals surface area (Å²) < 4.78 is 5.48. The Kier molecular flexibility index (Phi) is 4.08. The lowest BCUT2D eigenvalue weighted by Gasteiger charge is -2.20. The molecule has 0 spiro atoms. The molecule has 2 amide bonds. The first-order valence-electron chi connectivity index (χ1n) is 8.41. The molecule has 8 nitrogen and oxygen atoms in total. The molecule has 1 unspecified atom stereocenters. The average molecular weight is 363 g/mol. The van der Waals surface area contributed by atoms with Gasteiger partial charge >= 0.3 is 0 Å². The highest BCUT2D eigenvalue weighted by Crippen LogP contribution is 2.25. The number of primary amides is 1. The zero-order chi connectivity index (χ0) is 19.0.